The molecule has 1 heterocycles. The summed E-state index contributed by atoms with van der Waals surface area (Å²) in [7, 11) is 0. The second kappa shape index (κ2) is 17.9. The Hall–Kier alpha value is -4.56. The monoisotopic (exact) mass is 676 g/mol. The highest BCUT2D eigenvalue weighted by atomic mass is 19.1. The van der Waals surface area contributed by atoms with Crippen molar-refractivity contribution in [3.8, 4) is 22.4 Å². The van der Waals surface area contributed by atoms with E-state index in [9.17, 15) is 14.3 Å². The summed E-state index contributed by atoms with van der Waals surface area (Å²) in [5, 5.41) is 13.8. The van der Waals surface area contributed by atoms with Crippen LogP contribution in [0.1, 0.15) is 80.9 Å². The fraction of sp³-hybridized carbons (Fsp3) is 0.326. The van der Waals surface area contributed by atoms with Gasteiger partial charge in [0, 0.05) is 29.9 Å². The van der Waals surface area contributed by atoms with Crippen LogP contribution in [0, 0.1) is 5.82 Å². The van der Waals surface area contributed by atoms with Crippen LogP contribution in [0.15, 0.2) is 115 Å². The molecule has 0 radical (unpaired) electrons. The van der Waals surface area contributed by atoms with Gasteiger partial charge in [0.25, 0.3) is 5.91 Å². The summed E-state index contributed by atoms with van der Waals surface area (Å²) in [6.07, 6.45) is 1.48. The number of nitrogens with zero attached hydrogens (tertiary/aromatic N) is 1. The molecule has 0 saturated heterocycles. The molecule has 0 aliphatic carbocycles. The minimum Gasteiger partial charge on any atom is -0.373 e. The average Bonchev–Trinajstić information content (AvgIpc) is 3.45. The molecule has 0 spiro atoms. The van der Waals surface area contributed by atoms with E-state index in [1.54, 1.807) is 12.1 Å². The maximum Gasteiger partial charge on any atom is 0.258 e. The molecular formula is C43H49FN2O4. The van der Waals surface area contributed by atoms with E-state index >= 15 is 0 Å². The standard InChI is InChI=1S/C43H49FN2O4/c1-30(2)41-40(43(48)45-36-20-12-7-13-21-36)39(33-18-10-6-11-19-33)42(34-23-25-35(44)26-24-34)46(41)27-15-14-22-37(28-38(47)50-31(3)4)49-29-32-16-8-5-9-17-32/h5-13,16-21,23-26,30-31,37-38,47H,14-15,22,27-29H2,1-4H3,(H,45,48)/t37-,38?/m1/s1. The van der Waals surface area contributed by atoms with Crippen molar-refractivity contribution in [3.05, 3.63) is 138 Å². The number of amides is 1. The Kier molecular flexibility index (Phi) is 13.1. The van der Waals surface area contributed by atoms with Crippen molar-refractivity contribution in [2.24, 2.45) is 0 Å². The Bertz CT molecular complexity index is 1770. The number of aliphatic hydroxyl groups is 1. The number of carbonyl (C=O) groups excluding carboxylic acids is 1. The molecule has 4 aromatic carbocycles. The lowest BCUT2D eigenvalue weighted by Crippen LogP contribution is -2.25. The van der Waals surface area contributed by atoms with Gasteiger partial charge in [-0.25, -0.2) is 4.39 Å². The van der Waals surface area contributed by atoms with Gasteiger partial charge < -0.3 is 24.5 Å². The Morgan fingerprint density at radius 3 is 2.04 bits per heavy atom. The normalized spacial score (nSPS) is 12.7. The second-order valence-electron chi connectivity index (χ2n) is 13.3. The predicted octanol–water partition coefficient (Wildman–Crippen LogP) is 10.2. The van der Waals surface area contributed by atoms with Crippen LogP contribution in [-0.4, -0.2) is 34.1 Å². The SMILES string of the molecule is CC(C)OC(O)C[C@@H](CCCCn1c(-c2ccc(F)cc2)c(-c2ccccc2)c(C(=O)Nc2ccccc2)c1C(C)C)OCc1ccccc1. The van der Waals surface area contributed by atoms with Crippen LogP contribution in [0.4, 0.5) is 10.1 Å². The van der Waals surface area contributed by atoms with E-state index in [0.29, 0.717) is 30.8 Å². The van der Waals surface area contributed by atoms with Gasteiger partial charge in [-0.1, -0.05) is 92.7 Å². The van der Waals surface area contributed by atoms with Gasteiger partial charge in [0.2, 0.25) is 0 Å². The molecule has 50 heavy (non-hydrogen) atoms. The van der Waals surface area contributed by atoms with Crippen molar-refractivity contribution in [2.45, 2.75) is 90.9 Å². The summed E-state index contributed by atoms with van der Waals surface area (Å²) in [6.45, 7) is 9.11. The van der Waals surface area contributed by atoms with Gasteiger partial charge in [0.15, 0.2) is 6.29 Å². The number of carbonyl (C=O) groups is 1. The maximum absolute atomic E-state index is 14.3. The minimum absolute atomic E-state index is 0.00784. The third-order valence-corrected chi connectivity index (χ3v) is 8.67. The summed E-state index contributed by atoms with van der Waals surface area (Å²) in [6, 6.07) is 36.0. The molecule has 5 aromatic rings. The number of halogens is 1. The molecule has 1 unspecified atom stereocenters. The van der Waals surface area contributed by atoms with E-state index in [1.165, 1.54) is 12.1 Å². The molecule has 2 N–H and O–H groups in total. The first-order valence-corrected chi connectivity index (χ1v) is 17.6. The van der Waals surface area contributed by atoms with Crippen LogP contribution in [0.25, 0.3) is 22.4 Å². The van der Waals surface area contributed by atoms with Gasteiger partial charge in [-0.2, -0.15) is 0 Å². The number of hydrogen-bond acceptors (Lipinski definition) is 4. The summed E-state index contributed by atoms with van der Waals surface area (Å²) in [4.78, 5) is 14.3. The Labute approximate surface area is 295 Å². The smallest absolute Gasteiger partial charge is 0.258 e. The first kappa shape index (κ1) is 36.7. The molecule has 0 saturated carbocycles. The summed E-state index contributed by atoms with van der Waals surface area (Å²) < 4.78 is 28.5. The highest BCUT2D eigenvalue weighted by molar-refractivity contribution is 6.12. The van der Waals surface area contributed by atoms with E-state index < -0.39 is 6.29 Å². The molecule has 1 amide bonds. The van der Waals surface area contributed by atoms with Crippen LogP contribution >= 0.6 is 0 Å². The zero-order chi connectivity index (χ0) is 35.5. The van der Waals surface area contributed by atoms with E-state index in [0.717, 1.165) is 52.9 Å². The number of aliphatic hydroxyl groups excluding tert-OH is 1. The van der Waals surface area contributed by atoms with Crippen LogP contribution in [0.2, 0.25) is 0 Å². The van der Waals surface area contributed by atoms with Gasteiger partial charge in [-0.15, -0.1) is 0 Å². The van der Waals surface area contributed by atoms with Gasteiger partial charge in [-0.3, -0.25) is 4.79 Å². The van der Waals surface area contributed by atoms with Crippen molar-refractivity contribution in [1.29, 1.82) is 0 Å². The number of aromatic nitrogens is 1. The molecule has 0 bridgehead atoms. The van der Waals surface area contributed by atoms with Crippen molar-refractivity contribution < 1.29 is 23.8 Å². The largest absolute Gasteiger partial charge is 0.373 e. The Morgan fingerprint density at radius 2 is 1.42 bits per heavy atom. The lowest BCUT2D eigenvalue weighted by atomic mass is 9.94. The molecule has 0 aliphatic heterocycles. The summed E-state index contributed by atoms with van der Waals surface area (Å²) in [5.74, 6) is -0.493. The molecule has 6 nitrogen and oxygen atoms in total. The van der Waals surface area contributed by atoms with Crippen LogP contribution in [0.5, 0.6) is 0 Å². The topological polar surface area (TPSA) is 72.7 Å². The lowest BCUT2D eigenvalue weighted by molar-refractivity contribution is -0.150. The number of hydrogen-bond donors (Lipinski definition) is 2. The third-order valence-electron chi connectivity index (χ3n) is 8.67. The van der Waals surface area contributed by atoms with Crippen LogP contribution in [0.3, 0.4) is 0 Å². The predicted molar refractivity (Wildman–Crippen MR) is 199 cm³/mol. The lowest BCUT2D eigenvalue weighted by Gasteiger charge is -2.23. The van der Waals surface area contributed by atoms with E-state index in [4.69, 9.17) is 9.47 Å². The van der Waals surface area contributed by atoms with E-state index in [2.05, 4.69) is 23.7 Å². The fourth-order valence-corrected chi connectivity index (χ4v) is 6.50. The van der Waals surface area contributed by atoms with Crippen LogP contribution in [-0.2, 0) is 22.6 Å². The Morgan fingerprint density at radius 1 is 0.800 bits per heavy atom. The number of benzene rings is 4. The number of anilines is 1. The molecule has 7 heteroatoms. The molecular weight excluding hydrogens is 627 g/mol. The van der Waals surface area contributed by atoms with Gasteiger partial charge in [-0.05, 0) is 92.1 Å². The first-order chi connectivity index (χ1) is 24.2. The zero-order valence-corrected chi connectivity index (χ0v) is 29.5. The summed E-state index contributed by atoms with van der Waals surface area (Å²) >= 11 is 0. The highest BCUT2D eigenvalue weighted by Gasteiger charge is 2.30. The fourth-order valence-electron chi connectivity index (χ4n) is 6.50. The number of ether oxygens (including phenoxy) is 2. The second-order valence-corrected chi connectivity index (χ2v) is 13.3. The minimum atomic E-state index is -0.919. The van der Waals surface area contributed by atoms with Crippen molar-refractivity contribution in [2.75, 3.05) is 5.32 Å². The van der Waals surface area contributed by atoms with Gasteiger partial charge in [0.05, 0.1) is 30.1 Å². The maximum atomic E-state index is 14.3. The van der Waals surface area contributed by atoms with Crippen molar-refractivity contribution in [1.82, 2.24) is 4.57 Å². The number of nitrogens with one attached hydrogen (secondary N) is 1. The van der Waals surface area contributed by atoms with Crippen molar-refractivity contribution >= 4 is 11.6 Å². The number of unbranched alkanes of at least 4 members (excludes halogenated alkanes) is 1. The summed E-state index contributed by atoms with van der Waals surface area (Å²) in [5.41, 5.74) is 6.80. The van der Waals surface area contributed by atoms with Gasteiger partial charge in [0.1, 0.15) is 5.82 Å². The zero-order valence-electron chi connectivity index (χ0n) is 29.5. The quantitative estimate of drug-likeness (QED) is 0.0760. The van der Waals surface area contributed by atoms with E-state index in [-0.39, 0.29) is 29.9 Å². The van der Waals surface area contributed by atoms with E-state index in [1.807, 2.05) is 105 Å². The van der Waals surface area contributed by atoms with Crippen molar-refractivity contribution in [3.63, 3.8) is 0 Å². The molecule has 0 aliphatic rings. The first-order valence-electron chi connectivity index (χ1n) is 17.6. The third kappa shape index (κ3) is 9.78. The molecule has 1 aromatic heterocycles. The van der Waals surface area contributed by atoms with Gasteiger partial charge >= 0.3 is 0 Å². The molecule has 5 rings (SSSR count). The number of para-hydroxylation sites is 1. The average molecular weight is 677 g/mol. The molecule has 0 fully saturated rings. The van der Waals surface area contributed by atoms with Crippen LogP contribution < -0.4 is 5.32 Å². The Balaban J connectivity index is 1.49. The number of rotatable bonds is 17. The molecule has 2 atom stereocenters. The highest BCUT2D eigenvalue weighted by Crippen LogP contribution is 2.42. The molecule has 262 valence electrons.